The lowest BCUT2D eigenvalue weighted by Gasteiger charge is -2.26. The molecule has 0 bridgehead atoms. The predicted octanol–water partition coefficient (Wildman–Crippen LogP) is 2.04. The molecule has 1 unspecified atom stereocenters. The van der Waals surface area contributed by atoms with Gasteiger partial charge in [0.05, 0.1) is 25.5 Å². The average Bonchev–Trinajstić information content (AvgIpc) is 2.53. The number of guanidine groups is 1. The van der Waals surface area contributed by atoms with Crippen LogP contribution in [0.25, 0.3) is 0 Å². The van der Waals surface area contributed by atoms with Crippen molar-refractivity contribution >= 4 is 40.0 Å². The smallest absolute Gasteiger partial charge is 0.216 e. The number of aliphatic imine (C=N–C) groups is 1. The number of rotatable bonds is 8. The van der Waals surface area contributed by atoms with Crippen molar-refractivity contribution in [1.29, 1.82) is 0 Å². The number of hydrogen-bond acceptors (Lipinski definition) is 4. The van der Waals surface area contributed by atoms with E-state index in [4.69, 9.17) is 4.74 Å². The molecule has 0 aromatic carbocycles. The molecule has 156 valence electrons. The summed E-state index contributed by atoms with van der Waals surface area (Å²) in [6.45, 7) is 13.6. The van der Waals surface area contributed by atoms with E-state index in [-0.39, 0.29) is 42.3 Å². The lowest BCUT2D eigenvalue weighted by atomic mass is 9.89. The Hall–Kier alpha value is -0.130. The number of morpholine rings is 1. The minimum Gasteiger partial charge on any atom is -0.379 e. The predicted molar refractivity (Wildman–Crippen MR) is 119 cm³/mol. The summed E-state index contributed by atoms with van der Waals surface area (Å²) in [6.07, 6.45) is 2.16. The largest absolute Gasteiger partial charge is 0.379 e. The Bertz CT molecular complexity index is 515. The number of halogens is 1. The zero-order chi connectivity index (χ0) is 18.9. The monoisotopic (exact) mass is 504 g/mol. The standard InChI is InChI=1S/C17H36N4O3S.HI/c1-6-18-16(20-15(2)7-8-17(3,4)5)19-9-14-25(22,23)21-10-12-24-13-11-21;/h15H,6-14H2,1-5H3,(H2,18,19,20);1H. The second-order valence-corrected chi connectivity index (χ2v) is 9.82. The van der Waals surface area contributed by atoms with E-state index < -0.39 is 10.0 Å². The molecule has 0 amide bonds. The van der Waals surface area contributed by atoms with Crippen molar-refractivity contribution in [1.82, 2.24) is 14.9 Å². The SMILES string of the molecule is CCNC(=NCCS(=O)(=O)N1CCOCC1)NC(C)CCC(C)(C)C.I. The van der Waals surface area contributed by atoms with Crippen molar-refractivity contribution in [3.63, 3.8) is 0 Å². The highest BCUT2D eigenvalue weighted by Crippen LogP contribution is 2.21. The fourth-order valence-electron chi connectivity index (χ4n) is 2.50. The highest BCUT2D eigenvalue weighted by atomic mass is 127. The number of sulfonamides is 1. The number of nitrogens with one attached hydrogen (secondary N) is 2. The van der Waals surface area contributed by atoms with Crippen LogP contribution in [-0.4, -0.2) is 69.9 Å². The lowest BCUT2D eigenvalue weighted by Crippen LogP contribution is -2.44. The molecular formula is C17H37IN4O3S. The molecule has 0 saturated carbocycles. The molecule has 1 heterocycles. The fraction of sp³-hybridized carbons (Fsp3) is 0.941. The van der Waals surface area contributed by atoms with Gasteiger partial charge in [-0.15, -0.1) is 24.0 Å². The van der Waals surface area contributed by atoms with Crippen LogP contribution < -0.4 is 10.6 Å². The summed E-state index contributed by atoms with van der Waals surface area (Å²) in [6, 6.07) is 0.285. The van der Waals surface area contributed by atoms with Gasteiger partial charge in [-0.1, -0.05) is 20.8 Å². The van der Waals surface area contributed by atoms with Gasteiger partial charge in [-0.05, 0) is 32.1 Å². The summed E-state index contributed by atoms with van der Waals surface area (Å²) in [4.78, 5) is 4.44. The van der Waals surface area contributed by atoms with Gasteiger partial charge in [0.1, 0.15) is 0 Å². The second kappa shape index (κ2) is 12.4. The Labute approximate surface area is 176 Å². The maximum absolute atomic E-state index is 12.3. The fourth-order valence-corrected chi connectivity index (χ4v) is 3.79. The molecule has 2 N–H and O–H groups in total. The lowest BCUT2D eigenvalue weighted by molar-refractivity contribution is 0.0731. The molecule has 26 heavy (non-hydrogen) atoms. The average molecular weight is 504 g/mol. The Morgan fingerprint density at radius 3 is 2.42 bits per heavy atom. The highest BCUT2D eigenvalue weighted by Gasteiger charge is 2.23. The second-order valence-electron chi connectivity index (χ2n) is 7.73. The van der Waals surface area contributed by atoms with Crippen LogP contribution in [0.4, 0.5) is 0 Å². The number of nitrogens with zero attached hydrogens (tertiary/aromatic N) is 2. The normalized spacial score (nSPS) is 18.1. The molecule has 0 aliphatic carbocycles. The van der Waals surface area contributed by atoms with Gasteiger partial charge >= 0.3 is 0 Å². The summed E-state index contributed by atoms with van der Waals surface area (Å²) in [5.41, 5.74) is 0.303. The van der Waals surface area contributed by atoms with Gasteiger partial charge < -0.3 is 15.4 Å². The third-order valence-electron chi connectivity index (χ3n) is 4.04. The Morgan fingerprint density at radius 2 is 1.88 bits per heavy atom. The van der Waals surface area contributed by atoms with Gasteiger partial charge in [0, 0.05) is 25.7 Å². The number of ether oxygens (including phenoxy) is 1. The van der Waals surface area contributed by atoms with E-state index in [1.165, 1.54) is 4.31 Å². The summed E-state index contributed by atoms with van der Waals surface area (Å²) < 4.78 is 31.3. The highest BCUT2D eigenvalue weighted by molar-refractivity contribution is 14.0. The van der Waals surface area contributed by atoms with Crippen molar-refractivity contribution in [3.05, 3.63) is 0 Å². The van der Waals surface area contributed by atoms with Crippen LogP contribution in [0.5, 0.6) is 0 Å². The van der Waals surface area contributed by atoms with Crippen LogP contribution in [0.15, 0.2) is 4.99 Å². The molecular weight excluding hydrogens is 467 g/mol. The van der Waals surface area contributed by atoms with Crippen molar-refractivity contribution in [2.24, 2.45) is 10.4 Å². The van der Waals surface area contributed by atoms with E-state index in [1.807, 2.05) is 6.92 Å². The summed E-state index contributed by atoms with van der Waals surface area (Å²) in [5, 5.41) is 6.55. The van der Waals surface area contributed by atoms with Crippen LogP contribution in [0, 0.1) is 5.41 Å². The topological polar surface area (TPSA) is 83.0 Å². The van der Waals surface area contributed by atoms with Crippen LogP contribution in [0.1, 0.15) is 47.5 Å². The Balaban J connectivity index is 0.00000625. The first-order chi connectivity index (χ1) is 11.6. The number of hydrogen-bond donors (Lipinski definition) is 2. The quantitative estimate of drug-likeness (QED) is 0.300. The molecule has 0 spiro atoms. The van der Waals surface area contributed by atoms with Crippen LogP contribution in [0.2, 0.25) is 0 Å². The van der Waals surface area contributed by atoms with Gasteiger partial charge in [-0.25, -0.2) is 8.42 Å². The molecule has 0 aromatic heterocycles. The molecule has 1 aliphatic rings. The van der Waals surface area contributed by atoms with E-state index in [2.05, 4.69) is 43.3 Å². The van der Waals surface area contributed by atoms with Crippen molar-refractivity contribution in [2.75, 3.05) is 45.1 Å². The molecule has 0 radical (unpaired) electrons. The minimum atomic E-state index is -3.26. The van der Waals surface area contributed by atoms with E-state index in [9.17, 15) is 8.42 Å². The van der Waals surface area contributed by atoms with Gasteiger partial charge in [0.2, 0.25) is 10.0 Å². The van der Waals surface area contributed by atoms with E-state index in [0.29, 0.717) is 37.7 Å². The zero-order valence-electron chi connectivity index (χ0n) is 16.9. The molecule has 9 heteroatoms. The van der Waals surface area contributed by atoms with Crippen LogP contribution in [0.3, 0.4) is 0 Å². The maximum Gasteiger partial charge on any atom is 0.216 e. The van der Waals surface area contributed by atoms with Gasteiger partial charge in [-0.2, -0.15) is 4.31 Å². The summed E-state index contributed by atoms with van der Waals surface area (Å²) >= 11 is 0. The minimum absolute atomic E-state index is 0. The summed E-state index contributed by atoms with van der Waals surface area (Å²) in [5.74, 6) is 0.709. The first-order valence-electron chi connectivity index (χ1n) is 9.24. The van der Waals surface area contributed by atoms with Crippen molar-refractivity contribution in [2.45, 2.75) is 53.5 Å². The molecule has 1 fully saturated rings. The molecule has 1 rings (SSSR count). The van der Waals surface area contributed by atoms with E-state index >= 15 is 0 Å². The van der Waals surface area contributed by atoms with Crippen molar-refractivity contribution < 1.29 is 13.2 Å². The zero-order valence-corrected chi connectivity index (χ0v) is 20.0. The molecule has 1 saturated heterocycles. The van der Waals surface area contributed by atoms with Gasteiger partial charge in [0.15, 0.2) is 5.96 Å². The molecule has 1 atom stereocenters. The Kier molecular flexibility index (Phi) is 12.3. The van der Waals surface area contributed by atoms with Gasteiger partial charge in [-0.3, -0.25) is 4.99 Å². The first kappa shape index (κ1) is 25.9. The maximum atomic E-state index is 12.3. The van der Waals surface area contributed by atoms with Gasteiger partial charge in [0.25, 0.3) is 0 Å². The first-order valence-corrected chi connectivity index (χ1v) is 10.9. The summed E-state index contributed by atoms with van der Waals surface area (Å²) in [7, 11) is -3.26. The Morgan fingerprint density at radius 1 is 1.27 bits per heavy atom. The molecule has 7 nitrogen and oxygen atoms in total. The van der Waals surface area contributed by atoms with E-state index in [1.54, 1.807) is 0 Å². The van der Waals surface area contributed by atoms with Crippen LogP contribution >= 0.6 is 24.0 Å². The third kappa shape index (κ3) is 10.9. The molecule has 1 aliphatic heterocycles. The van der Waals surface area contributed by atoms with E-state index in [0.717, 1.165) is 19.4 Å². The van der Waals surface area contributed by atoms with Crippen LogP contribution in [-0.2, 0) is 14.8 Å². The van der Waals surface area contributed by atoms with Crippen molar-refractivity contribution in [3.8, 4) is 0 Å². The molecule has 0 aromatic rings. The third-order valence-corrected chi connectivity index (χ3v) is 5.89.